The van der Waals surface area contributed by atoms with Gasteiger partial charge in [0.1, 0.15) is 11.6 Å². The zero-order chi connectivity index (χ0) is 12.1. The third kappa shape index (κ3) is 3.20. The van der Waals surface area contributed by atoms with E-state index in [0.717, 1.165) is 31.0 Å². The van der Waals surface area contributed by atoms with Crippen LogP contribution >= 0.6 is 0 Å². The summed E-state index contributed by atoms with van der Waals surface area (Å²) in [4.78, 5) is 7.41. The summed E-state index contributed by atoms with van der Waals surface area (Å²) in [6.07, 6.45) is 7.43. The van der Waals surface area contributed by atoms with Crippen molar-refractivity contribution in [2.24, 2.45) is 0 Å². The maximum absolute atomic E-state index is 5.37. The zero-order valence-electron chi connectivity index (χ0n) is 10.4. The van der Waals surface area contributed by atoms with Crippen molar-refractivity contribution in [3.05, 3.63) is 41.9 Å². The van der Waals surface area contributed by atoms with Crippen molar-refractivity contribution in [3.63, 3.8) is 0 Å². The molecule has 0 radical (unpaired) electrons. The Morgan fingerprint density at radius 2 is 2.41 bits per heavy atom. The highest BCUT2D eigenvalue weighted by Gasteiger charge is 2.14. The second-order valence-corrected chi connectivity index (χ2v) is 4.24. The lowest BCUT2D eigenvalue weighted by Gasteiger charge is -2.15. The van der Waals surface area contributed by atoms with Gasteiger partial charge in [0.15, 0.2) is 0 Å². The van der Waals surface area contributed by atoms with Gasteiger partial charge in [-0.3, -0.25) is 0 Å². The molecule has 0 amide bonds. The quantitative estimate of drug-likeness (QED) is 0.806. The van der Waals surface area contributed by atoms with Gasteiger partial charge in [0.05, 0.1) is 6.26 Å². The maximum Gasteiger partial charge on any atom is 0.107 e. The van der Waals surface area contributed by atoms with Gasteiger partial charge < -0.3 is 14.7 Å². The smallest absolute Gasteiger partial charge is 0.107 e. The van der Waals surface area contributed by atoms with Gasteiger partial charge in [-0.1, -0.05) is 6.92 Å². The molecule has 2 aromatic heterocycles. The topological polar surface area (TPSA) is 53.9 Å². The Hall–Kier alpha value is -1.55. The summed E-state index contributed by atoms with van der Waals surface area (Å²) >= 11 is 0. The van der Waals surface area contributed by atoms with Crippen LogP contribution in [0, 0.1) is 6.92 Å². The minimum atomic E-state index is 0.263. The fourth-order valence-corrected chi connectivity index (χ4v) is 1.88. The number of nitrogens with one attached hydrogen (secondary N) is 2. The fourth-order valence-electron chi connectivity index (χ4n) is 1.88. The van der Waals surface area contributed by atoms with Crippen LogP contribution in [0.3, 0.4) is 0 Å². The average Bonchev–Trinajstić information content (AvgIpc) is 2.95. The molecular formula is C13H19N3O. The van der Waals surface area contributed by atoms with Crippen molar-refractivity contribution in [1.82, 2.24) is 15.3 Å². The number of hydrogen-bond donors (Lipinski definition) is 2. The van der Waals surface area contributed by atoms with Crippen LogP contribution in [0.4, 0.5) is 0 Å². The van der Waals surface area contributed by atoms with Crippen molar-refractivity contribution in [2.75, 3.05) is 6.54 Å². The van der Waals surface area contributed by atoms with E-state index in [2.05, 4.69) is 28.3 Å². The van der Waals surface area contributed by atoms with Crippen LogP contribution in [-0.2, 0) is 6.42 Å². The van der Waals surface area contributed by atoms with Crippen molar-refractivity contribution in [2.45, 2.75) is 32.7 Å². The molecule has 2 heterocycles. The summed E-state index contributed by atoms with van der Waals surface area (Å²) in [6, 6.07) is 2.34. The summed E-state index contributed by atoms with van der Waals surface area (Å²) in [5, 5.41) is 3.52. The second-order valence-electron chi connectivity index (χ2n) is 4.24. The third-order valence-electron chi connectivity index (χ3n) is 2.75. The van der Waals surface area contributed by atoms with E-state index in [4.69, 9.17) is 4.42 Å². The van der Waals surface area contributed by atoms with Crippen LogP contribution in [0.25, 0.3) is 0 Å². The molecule has 17 heavy (non-hydrogen) atoms. The molecule has 1 unspecified atom stereocenters. The first-order valence-electron chi connectivity index (χ1n) is 6.06. The molecule has 2 aromatic rings. The lowest BCUT2D eigenvalue weighted by atomic mass is 10.1. The molecule has 1 atom stereocenters. The van der Waals surface area contributed by atoms with Crippen molar-refractivity contribution >= 4 is 0 Å². The molecule has 0 aromatic carbocycles. The van der Waals surface area contributed by atoms with Gasteiger partial charge in [0.2, 0.25) is 0 Å². The first-order valence-corrected chi connectivity index (χ1v) is 6.06. The van der Waals surface area contributed by atoms with Crippen LogP contribution in [0.1, 0.15) is 36.5 Å². The Balaban J connectivity index is 2.07. The van der Waals surface area contributed by atoms with E-state index in [1.807, 2.05) is 19.4 Å². The van der Waals surface area contributed by atoms with Crippen molar-refractivity contribution in [3.8, 4) is 0 Å². The van der Waals surface area contributed by atoms with E-state index in [-0.39, 0.29) is 6.04 Å². The SMILES string of the molecule is CCCNC(Cc1ncc[nH]1)c1coc(C)c1. The van der Waals surface area contributed by atoms with E-state index < -0.39 is 0 Å². The van der Waals surface area contributed by atoms with Crippen LogP contribution < -0.4 is 5.32 Å². The van der Waals surface area contributed by atoms with Crippen LogP contribution in [-0.4, -0.2) is 16.5 Å². The van der Waals surface area contributed by atoms with Gasteiger partial charge in [-0.05, 0) is 26.0 Å². The number of hydrogen-bond acceptors (Lipinski definition) is 3. The largest absolute Gasteiger partial charge is 0.469 e. The normalized spacial score (nSPS) is 12.8. The summed E-state index contributed by atoms with van der Waals surface area (Å²) in [5.41, 5.74) is 1.19. The predicted octanol–water partition coefficient (Wildman–Crippen LogP) is 2.59. The van der Waals surface area contributed by atoms with Crippen molar-refractivity contribution in [1.29, 1.82) is 0 Å². The number of rotatable bonds is 6. The molecule has 2 rings (SSSR count). The molecule has 4 nitrogen and oxygen atoms in total. The first kappa shape index (κ1) is 11.9. The minimum Gasteiger partial charge on any atom is -0.469 e. The van der Waals surface area contributed by atoms with Gasteiger partial charge in [0, 0.05) is 30.4 Å². The molecule has 0 aliphatic heterocycles. The lowest BCUT2D eigenvalue weighted by molar-refractivity contribution is 0.498. The Kier molecular flexibility index (Phi) is 3.98. The number of imidazole rings is 1. The van der Waals surface area contributed by atoms with Gasteiger partial charge in [-0.2, -0.15) is 0 Å². The number of nitrogens with zero attached hydrogens (tertiary/aromatic N) is 1. The van der Waals surface area contributed by atoms with Crippen LogP contribution in [0.2, 0.25) is 0 Å². The lowest BCUT2D eigenvalue weighted by Crippen LogP contribution is -2.24. The number of furan rings is 1. The number of H-pyrrole nitrogens is 1. The van der Waals surface area contributed by atoms with E-state index >= 15 is 0 Å². The van der Waals surface area contributed by atoms with Gasteiger partial charge >= 0.3 is 0 Å². The standard InChI is InChI=1S/C13H19N3O/c1-3-4-14-12(8-13-15-5-6-16-13)11-7-10(2)17-9-11/h5-7,9,12,14H,3-4,8H2,1-2H3,(H,15,16). The summed E-state index contributed by atoms with van der Waals surface area (Å²) < 4.78 is 5.37. The zero-order valence-corrected chi connectivity index (χ0v) is 10.4. The molecular weight excluding hydrogens is 214 g/mol. The predicted molar refractivity (Wildman–Crippen MR) is 66.8 cm³/mol. The van der Waals surface area contributed by atoms with Crippen LogP contribution in [0.5, 0.6) is 0 Å². The number of aromatic nitrogens is 2. The summed E-state index contributed by atoms with van der Waals surface area (Å²) in [5.74, 6) is 1.94. The highest BCUT2D eigenvalue weighted by Crippen LogP contribution is 2.19. The Morgan fingerprint density at radius 1 is 1.53 bits per heavy atom. The van der Waals surface area contributed by atoms with E-state index in [1.54, 1.807) is 6.20 Å². The fraction of sp³-hybridized carbons (Fsp3) is 0.462. The summed E-state index contributed by atoms with van der Waals surface area (Å²) in [6.45, 7) is 5.13. The molecule has 0 aliphatic carbocycles. The molecule has 92 valence electrons. The molecule has 0 bridgehead atoms. The maximum atomic E-state index is 5.37. The minimum absolute atomic E-state index is 0.263. The number of aromatic amines is 1. The van der Waals surface area contributed by atoms with E-state index in [0.29, 0.717) is 0 Å². The Bertz CT molecular complexity index is 433. The van der Waals surface area contributed by atoms with Crippen molar-refractivity contribution < 1.29 is 4.42 Å². The Labute approximate surface area is 101 Å². The molecule has 2 N–H and O–H groups in total. The molecule has 0 saturated heterocycles. The highest BCUT2D eigenvalue weighted by molar-refractivity contribution is 5.17. The van der Waals surface area contributed by atoms with E-state index in [9.17, 15) is 0 Å². The van der Waals surface area contributed by atoms with Gasteiger partial charge in [-0.15, -0.1) is 0 Å². The molecule has 0 aliphatic rings. The van der Waals surface area contributed by atoms with Gasteiger partial charge in [-0.25, -0.2) is 4.98 Å². The Morgan fingerprint density at radius 3 is 3.00 bits per heavy atom. The highest BCUT2D eigenvalue weighted by atomic mass is 16.3. The average molecular weight is 233 g/mol. The molecule has 0 saturated carbocycles. The first-order chi connectivity index (χ1) is 8.29. The van der Waals surface area contributed by atoms with Crippen LogP contribution in [0.15, 0.2) is 29.1 Å². The van der Waals surface area contributed by atoms with E-state index in [1.165, 1.54) is 5.56 Å². The monoisotopic (exact) mass is 233 g/mol. The van der Waals surface area contributed by atoms with Gasteiger partial charge in [0.25, 0.3) is 0 Å². The molecule has 0 fully saturated rings. The third-order valence-corrected chi connectivity index (χ3v) is 2.75. The second kappa shape index (κ2) is 5.68. The summed E-state index contributed by atoms with van der Waals surface area (Å²) in [7, 11) is 0. The number of aryl methyl sites for hydroxylation is 1. The molecule has 0 spiro atoms. The molecule has 4 heteroatoms.